The Morgan fingerprint density at radius 1 is 0.767 bits per heavy atom. The molecule has 3 rings (SSSR count). The summed E-state index contributed by atoms with van der Waals surface area (Å²) in [5.74, 6) is -0.261. The van der Waals surface area contributed by atoms with E-state index in [1.54, 1.807) is 24.3 Å². The Bertz CT molecular complexity index is 989. The molecule has 0 saturated heterocycles. The highest BCUT2D eigenvalue weighted by Gasteiger charge is 2.15. The van der Waals surface area contributed by atoms with Crippen LogP contribution in [0.5, 0.6) is 11.5 Å². The van der Waals surface area contributed by atoms with Crippen molar-refractivity contribution in [3.05, 3.63) is 78.9 Å². The zero-order valence-electron chi connectivity index (χ0n) is 16.8. The first-order valence-electron chi connectivity index (χ1n) is 9.77. The number of rotatable bonds is 8. The quantitative estimate of drug-likeness (QED) is 0.441. The summed E-state index contributed by atoms with van der Waals surface area (Å²) in [4.78, 5) is 24.2. The number of hydrogen-bond acceptors (Lipinski definition) is 4. The van der Waals surface area contributed by atoms with Crippen molar-refractivity contribution in [2.24, 2.45) is 0 Å². The summed E-state index contributed by atoms with van der Waals surface area (Å²) in [6.45, 7) is 2.74. The van der Waals surface area contributed by atoms with E-state index in [2.05, 4.69) is 10.6 Å². The number of carbonyl (C=O) groups excluding carboxylic acids is 2. The molecule has 0 fully saturated rings. The number of anilines is 1. The summed E-state index contributed by atoms with van der Waals surface area (Å²) >= 11 is 0. The number of ether oxygens (including phenoxy) is 2. The zero-order valence-corrected chi connectivity index (χ0v) is 16.8. The number of benzene rings is 3. The minimum atomic E-state index is -0.758. The fraction of sp³-hybridized carbons (Fsp3) is 0.167. The van der Waals surface area contributed by atoms with Crippen molar-refractivity contribution in [2.45, 2.75) is 6.92 Å². The van der Waals surface area contributed by atoms with Gasteiger partial charge >= 0.3 is 11.8 Å². The predicted octanol–water partition coefficient (Wildman–Crippen LogP) is 3.89. The van der Waals surface area contributed by atoms with Crippen molar-refractivity contribution in [1.82, 2.24) is 5.32 Å². The van der Waals surface area contributed by atoms with Gasteiger partial charge in [-0.25, -0.2) is 0 Å². The predicted molar refractivity (Wildman–Crippen MR) is 117 cm³/mol. The van der Waals surface area contributed by atoms with Crippen LogP contribution in [0.15, 0.2) is 78.9 Å². The van der Waals surface area contributed by atoms with E-state index in [-0.39, 0.29) is 13.2 Å². The smallest absolute Gasteiger partial charge is 0.313 e. The van der Waals surface area contributed by atoms with Crippen molar-refractivity contribution >= 4 is 17.5 Å². The number of nitrogens with one attached hydrogen (secondary N) is 2. The minimum absolute atomic E-state index is 0.197. The summed E-state index contributed by atoms with van der Waals surface area (Å²) in [7, 11) is 0. The molecule has 6 heteroatoms. The van der Waals surface area contributed by atoms with E-state index < -0.39 is 11.8 Å². The van der Waals surface area contributed by atoms with Crippen LogP contribution in [0, 0.1) is 0 Å². The van der Waals surface area contributed by atoms with E-state index in [9.17, 15) is 9.59 Å². The third-order valence-electron chi connectivity index (χ3n) is 4.26. The Morgan fingerprint density at radius 2 is 1.43 bits per heavy atom. The zero-order chi connectivity index (χ0) is 21.2. The lowest BCUT2D eigenvalue weighted by Crippen LogP contribution is -2.37. The molecule has 2 N–H and O–H groups in total. The molecule has 3 aromatic carbocycles. The van der Waals surface area contributed by atoms with E-state index in [4.69, 9.17) is 9.47 Å². The average Bonchev–Trinajstić information content (AvgIpc) is 2.79. The summed E-state index contributed by atoms with van der Waals surface area (Å²) in [6.07, 6.45) is 0. The van der Waals surface area contributed by atoms with Crippen LogP contribution in [0.3, 0.4) is 0 Å². The Kier molecular flexibility index (Phi) is 7.44. The van der Waals surface area contributed by atoms with Crippen molar-refractivity contribution < 1.29 is 19.1 Å². The highest BCUT2D eigenvalue weighted by atomic mass is 16.5. The van der Waals surface area contributed by atoms with Crippen molar-refractivity contribution in [3.8, 4) is 22.6 Å². The van der Waals surface area contributed by atoms with Crippen LogP contribution in [-0.2, 0) is 9.59 Å². The summed E-state index contributed by atoms with van der Waals surface area (Å²) in [5.41, 5.74) is 2.46. The molecule has 3 aromatic rings. The van der Waals surface area contributed by atoms with Crippen LogP contribution in [-0.4, -0.2) is 31.6 Å². The Morgan fingerprint density at radius 3 is 2.20 bits per heavy atom. The molecule has 0 spiro atoms. The molecule has 0 saturated carbocycles. The van der Waals surface area contributed by atoms with E-state index in [0.717, 1.165) is 11.1 Å². The lowest BCUT2D eigenvalue weighted by atomic mass is 10.1. The maximum Gasteiger partial charge on any atom is 0.313 e. The van der Waals surface area contributed by atoms with Gasteiger partial charge in [-0.15, -0.1) is 0 Å². The van der Waals surface area contributed by atoms with Crippen molar-refractivity contribution in [3.63, 3.8) is 0 Å². The monoisotopic (exact) mass is 404 g/mol. The Hall–Kier alpha value is -3.80. The molecule has 6 nitrogen and oxygen atoms in total. The minimum Gasteiger partial charge on any atom is -0.492 e. The SMILES string of the molecule is CCOc1ccccc1NC(=O)C(=O)NCCOc1ccccc1-c1ccccc1. The lowest BCUT2D eigenvalue weighted by Gasteiger charge is -2.13. The second kappa shape index (κ2) is 10.7. The summed E-state index contributed by atoms with van der Waals surface area (Å²) in [6, 6.07) is 24.6. The maximum atomic E-state index is 12.2. The number of hydrogen-bond donors (Lipinski definition) is 2. The molecular formula is C24H24N2O4. The summed E-state index contributed by atoms with van der Waals surface area (Å²) < 4.78 is 11.3. The molecule has 0 atom stereocenters. The van der Waals surface area contributed by atoms with E-state index in [0.29, 0.717) is 23.8 Å². The molecule has 0 unspecified atom stereocenters. The van der Waals surface area contributed by atoms with Gasteiger partial charge in [0.1, 0.15) is 18.1 Å². The fourth-order valence-corrected chi connectivity index (χ4v) is 2.88. The number of para-hydroxylation sites is 3. The molecule has 0 aliphatic rings. The van der Waals surface area contributed by atoms with Gasteiger partial charge in [0.25, 0.3) is 0 Å². The van der Waals surface area contributed by atoms with Gasteiger partial charge in [-0.2, -0.15) is 0 Å². The van der Waals surface area contributed by atoms with Crippen LogP contribution in [0.4, 0.5) is 5.69 Å². The molecule has 30 heavy (non-hydrogen) atoms. The van der Waals surface area contributed by atoms with Crippen LogP contribution in [0.25, 0.3) is 11.1 Å². The second-order valence-corrected chi connectivity index (χ2v) is 6.35. The second-order valence-electron chi connectivity index (χ2n) is 6.35. The third-order valence-corrected chi connectivity index (χ3v) is 4.26. The van der Waals surface area contributed by atoms with Gasteiger partial charge in [-0.3, -0.25) is 9.59 Å². The van der Waals surface area contributed by atoms with Crippen molar-refractivity contribution in [1.29, 1.82) is 0 Å². The normalized spacial score (nSPS) is 10.2. The van der Waals surface area contributed by atoms with Crippen molar-refractivity contribution in [2.75, 3.05) is 25.1 Å². The van der Waals surface area contributed by atoms with Gasteiger partial charge in [0, 0.05) is 5.56 Å². The largest absolute Gasteiger partial charge is 0.492 e. The molecular weight excluding hydrogens is 380 g/mol. The highest BCUT2D eigenvalue weighted by molar-refractivity contribution is 6.39. The highest BCUT2D eigenvalue weighted by Crippen LogP contribution is 2.29. The van der Waals surface area contributed by atoms with Gasteiger partial charge < -0.3 is 20.1 Å². The van der Waals surface area contributed by atoms with E-state index in [1.807, 2.05) is 61.5 Å². The molecule has 0 aliphatic heterocycles. The lowest BCUT2D eigenvalue weighted by molar-refractivity contribution is -0.136. The molecule has 0 radical (unpaired) electrons. The van der Waals surface area contributed by atoms with Gasteiger partial charge in [-0.1, -0.05) is 60.7 Å². The topological polar surface area (TPSA) is 76.7 Å². The maximum absolute atomic E-state index is 12.2. The van der Waals surface area contributed by atoms with Gasteiger partial charge in [0.15, 0.2) is 0 Å². The number of carbonyl (C=O) groups is 2. The third kappa shape index (κ3) is 5.61. The first-order chi connectivity index (χ1) is 14.7. The first kappa shape index (κ1) is 20.9. The Balaban J connectivity index is 1.51. The van der Waals surface area contributed by atoms with Crippen LogP contribution in [0.2, 0.25) is 0 Å². The van der Waals surface area contributed by atoms with Gasteiger partial charge in [0.05, 0.1) is 18.8 Å². The van der Waals surface area contributed by atoms with Gasteiger partial charge in [0.2, 0.25) is 0 Å². The molecule has 2 amide bonds. The molecule has 0 heterocycles. The molecule has 0 aromatic heterocycles. The van der Waals surface area contributed by atoms with Gasteiger partial charge in [-0.05, 0) is 30.7 Å². The van der Waals surface area contributed by atoms with Crippen LogP contribution >= 0.6 is 0 Å². The number of amides is 2. The van der Waals surface area contributed by atoms with Crippen LogP contribution < -0.4 is 20.1 Å². The van der Waals surface area contributed by atoms with Crippen LogP contribution in [0.1, 0.15) is 6.92 Å². The molecule has 0 aliphatic carbocycles. The molecule has 0 bridgehead atoms. The first-order valence-corrected chi connectivity index (χ1v) is 9.77. The average molecular weight is 404 g/mol. The standard InChI is InChI=1S/C24H24N2O4/c1-2-29-22-15-9-7-13-20(22)26-24(28)23(27)25-16-17-30-21-14-8-6-12-19(21)18-10-4-3-5-11-18/h3-15H,2,16-17H2,1H3,(H,25,27)(H,26,28). The summed E-state index contributed by atoms with van der Waals surface area (Å²) in [5, 5.41) is 5.13. The van der Waals surface area contributed by atoms with E-state index in [1.165, 1.54) is 0 Å². The Labute approximate surface area is 175 Å². The molecule has 154 valence electrons. The van der Waals surface area contributed by atoms with E-state index >= 15 is 0 Å². The fourth-order valence-electron chi connectivity index (χ4n) is 2.88.